The van der Waals surface area contributed by atoms with E-state index in [1.807, 2.05) is 0 Å². The van der Waals surface area contributed by atoms with Gasteiger partial charge in [-0.1, -0.05) is 6.42 Å². The van der Waals surface area contributed by atoms with Crippen LogP contribution >= 0.6 is 0 Å². The van der Waals surface area contributed by atoms with Crippen LogP contribution in [0.2, 0.25) is 0 Å². The van der Waals surface area contributed by atoms with Crippen molar-refractivity contribution in [2.24, 2.45) is 5.92 Å². The maximum Gasteiger partial charge on any atom is 0.156 e. The Kier molecular flexibility index (Phi) is 9.60. The van der Waals surface area contributed by atoms with Crippen LogP contribution in [0, 0.1) is 18.3 Å². The van der Waals surface area contributed by atoms with Crippen LogP contribution in [0.4, 0.5) is 0 Å². The normalized spacial score (nSPS) is 12.7. The number of hydrogen-bond donors (Lipinski definition) is 1. The summed E-state index contributed by atoms with van der Waals surface area (Å²) in [5.74, 6) is 2.90. The molecule has 0 aromatic carbocycles. The molecule has 0 spiro atoms. The second-order valence-electron chi connectivity index (χ2n) is 3.56. The van der Waals surface area contributed by atoms with E-state index in [0.29, 0.717) is 6.42 Å². The zero-order valence-corrected chi connectivity index (χ0v) is 9.74. The van der Waals surface area contributed by atoms with Gasteiger partial charge in [0, 0.05) is 26.7 Å². The minimum Gasteiger partial charge on any atom is -0.396 e. The van der Waals surface area contributed by atoms with Crippen molar-refractivity contribution in [1.29, 1.82) is 0 Å². The highest BCUT2D eigenvalue weighted by atomic mass is 16.7. The molecule has 0 aromatic rings. The molecule has 3 heteroatoms. The van der Waals surface area contributed by atoms with E-state index < -0.39 is 0 Å². The van der Waals surface area contributed by atoms with E-state index in [2.05, 4.69) is 5.92 Å². The molecular weight excluding hydrogens is 192 g/mol. The Morgan fingerprint density at radius 1 is 1.13 bits per heavy atom. The number of rotatable bonds is 9. The molecule has 0 fully saturated rings. The topological polar surface area (TPSA) is 38.7 Å². The average Bonchev–Trinajstić information content (AvgIpc) is 2.28. The molecule has 1 atom stereocenters. The van der Waals surface area contributed by atoms with Crippen molar-refractivity contribution < 1.29 is 14.6 Å². The lowest BCUT2D eigenvalue weighted by Gasteiger charge is -2.13. The molecule has 0 aliphatic rings. The molecule has 3 nitrogen and oxygen atoms in total. The SMILES string of the molecule is C#CC(CCO)CCCCC(OC)OC. The van der Waals surface area contributed by atoms with E-state index in [1.54, 1.807) is 14.2 Å². The number of methoxy groups -OCH3 is 2. The molecular formula is C12H22O3. The smallest absolute Gasteiger partial charge is 0.156 e. The Labute approximate surface area is 92.8 Å². The fourth-order valence-corrected chi connectivity index (χ4v) is 1.50. The lowest BCUT2D eigenvalue weighted by Crippen LogP contribution is -2.12. The summed E-state index contributed by atoms with van der Waals surface area (Å²) in [4.78, 5) is 0. The van der Waals surface area contributed by atoms with Crippen molar-refractivity contribution in [3.63, 3.8) is 0 Å². The van der Waals surface area contributed by atoms with Crippen LogP contribution in [0.1, 0.15) is 32.1 Å². The largest absolute Gasteiger partial charge is 0.396 e. The number of aliphatic hydroxyl groups is 1. The molecule has 0 radical (unpaired) electrons. The van der Waals surface area contributed by atoms with Crippen molar-refractivity contribution in [3.8, 4) is 12.3 Å². The van der Waals surface area contributed by atoms with Gasteiger partial charge in [-0.05, 0) is 25.7 Å². The minimum absolute atomic E-state index is 0.105. The Balaban J connectivity index is 3.48. The average molecular weight is 214 g/mol. The number of ether oxygens (including phenoxy) is 2. The fourth-order valence-electron chi connectivity index (χ4n) is 1.50. The van der Waals surface area contributed by atoms with E-state index >= 15 is 0 Å². The maximum atomic E-state index is 8.75. The third kappa shape index (κ3) is 7.38. The summed E-state index contributed by atoms with van der Waals surface area (Å²) < 4.78 is 10.2. The van der Waals surface area contributed by atoms with Gasteiger partial charge in [-0.2, -0.15) is 0 Å². The highest BCUT2D eigenvalue weighted by molar-refractivity contribution is 4.92. The first-order valence-electron chi connectivity index (χ1n) is 5.41. The monoisotopic (exact) mass is 214 g/mol. The van der Waals surface area contributed by atoms with Crippen molar-refractivity contribution in [2.75, 3.05) is 20.8 Å². The van der Waals surface area contributed by atoms with Crippen LogP contribution in [-0.2, 0) is 9.47 Å². The Morgan fingerprint density at radius 3 is 2.20 bits per heavy atom. The van der Waals surface area contributed by atoms with Crippen LogP contribution < -0.4 is 0 Å². The summed E-state index contributed by atoms with van der Waals surface area (Å²) >= 11 is 0. The first-order valence-corrected chi connectivity index (χ1v) is 5.41. The molecule has 0 rings (SSSR count). The Hall–Kier alpha value is -0.560. The van der Waals surface area contributed by atoms with Gasteiger partial charge in [0.05, 0.1) is 0 Å². The third-order valence-corrected chi connectivity index (χ3v) is 2.48. The van der Waals surface area contributed by atoms with Crippen LogP contribution in [-0.4, -0.2) is 32.2 Å². The summed E-state index contributed by atoms with van der Waals surface area (Å²) in [6, 6.07) is 0. The van der Waals surface area contributed by atoms with Crippen molar-refractivity contribution in [2.45, 2.75) is 38.4 Å². The molecule has 0 aromatic heterocycles. The number of terminal acetylenes is 1. The lowest BCUT2D eigenvalue weighted by atomic mass is 9.99. The molecule has 0 saturated heterocycles. The molecule has 0 amide bonds. The predicted molar refractivity (Wildman–Crippen MR) is 60.3 cm³/mol. The van der Waals surface area contributed by atoms with Gasteiger partial charge in [0.15, 0.2) is 6.29 Å². The molecule has 1 unspecified atom stereocenters. The lowest BCUT2D eigenvalue weighted by molar-refractivity contribution is -0.107. The van der Waals surface area contributed by atoms with Gasteiger partial charge in [0.25, 0.3) is 0 Å². The molecule has 15 heavy (non-hydrogen) atoms. The number of unbranched alkanes of at least 4 members (excludes halogenated alkanes) is 1. The van der Waals surface area contributed by atoms with Gasteiger partial charge in [-0.15, -0.1) is 12.3 Å². The van der Waals surface area contributed by atoms with Crippen LogP contribution in [0.15, 0.2) is 0 Å². The maximum absolute atomic E-state index is 8.75. The molecule has 0 saturated carbocycles. The summed E-state index contributed by atoms with van der Waals surface area (Å²) in [5, 5.41) is 8.75. The summed E-state index contributed by atoms with van der Waals surface area (Å²) in [5.41, 5.74) is 0. The first-order chi connectivity index (χ1) is 7.28. The fraction of sp³-hybridized carbons (Fsp3) is 0.833. The summed E-state index contributed by atoms with van der Waals surface area (Å²) in [7, 11) is 3.29. The summed E-state index contributed by atoms with van der Waals surface area (Å²) in [6.45, 7) is 0.174. The van der Waals surface area contributed by atoms with Crippen LogP contribution in [0.3, 0.4) is 0 Å². The van der Waals surface area contributed by atoms with E-state index in [1.165, 1.54) is 0 Å². The second-order valence-corrected chi connectivity index (χ2v) is 3.56. The molecule has 0 aliphatic carbocycles. The highest BCUT2D eigenvalue weighted by Gasteiger charge is 2.07. The van der Waals surface area contributed by atoms with Gasteiger partial charge in [-0.25, -0.2) is 0 Å². The van der Waals surface area contributed by atoms with Gasteiger partial charge >= 0.3 is 0 Å². The number of aliphatic hydroxyl groups excluding tert-OH is 1. The molecule has 0 bridgehead atoms. The van der Waals surface area contributed by atoms with E-state index in [9.17, 15) is 0 Å². The Morgan fingerprint density at radius 2 is 1.73 bits per heavy atom. The van der Waals surface area contributed by atoms with Crippen LogP contribution in [0.5, 0.6) is 0 Å². The zero-order valence-electron chi connectivity index (χ0n) is 9.74. The molecule has 0 heterocycles. The van der Waals surface area contributed by atoms with Crippen molar-refractivity contribution in [1.82, 2.24) is 0 Å². The Bertz CT molecular complexity index is 170. The van der Waals surface area contributed by atoms with Gasteiger partial charge in [0.1, 0.15) is 0 Å². The standard InChI is InChI=1S/C12H22O3/c1-4-11(9-10-13)7-5-6-8-12(14-2)15-3/h1,11-13H,5-10H2,2-3H3. The molecule has 1 N–H and O–H groups in total. The van der Waals surface area contributed by atoms with Crippen LogP contribution in [0.25, 0.3) is 0 Å². The minimum atomic E-state index is -0.105. The highest BCUT2D eigenvalue weighted by Crippen LogP contribution is 2.14. The first kappa shape index (κ1) is 14.4. The summed E-state index contributed by atoms with van der Waals surface area (Å²) in [6.07, 6.45) is 9.89. The van der Waals surface area contributed by atoms with E-state index in [0.717, 1.165) is 25.7 Å². The van der Waals surface area contributed by atoms with E-state index in [-0.39, 0.29) is 18.8 Å². The molecule has 0 aliphatic heterocycles. The zero-order chi connectivity index (χ0) is 11.5. The number of hydrogen-bond acceptors (Lipinski definition) is 3. The van der Waals surface area contributed by atoms with Gasteiger partial charge < -0.3 is 14.6 Å². The van der Waals surface area contributed by atoms with Gasteiger partial charge in [-0.3, -0.25) is 0 Å². The van der Waals surface area contributed by atoms with Gasteiger partial charge in [0.2, 0.25) is 0 Å². The quantitative estimate of drug-likeness (QED) is 0.361. The van der Waals surface area contributed by atoms with Crippen molar-refractivity contribution >= 4 is 0 Å². The molecule has 88 valence electrons. The predicted octanol–water partition coefficient (Wildman–Crippen LogP) is 1.80. The second kappa shape index (κ2) is 9.97. The van der Waals surface area contributed by atoms with E-state index in [4.69, 9.17) is 21.0 Å². The van der Waals surface area contributed by atoms with Crippen molar-refractivity contribution in [3.05, 3.63) is 0 Å². The third-order valence-electron chi connectivity index (χ3n) is 2.48.